The molecular formula is C13H23N3O. The van der Waals surface area contributed by atoms with Crippen molar-refractivity contribution >= 4 is 0 Å². The molecule has 2 rings (SSSR count). The van der Waals surface area contributed by atoms with Crippen LogP contribution in [0, 0.1) is 5.92 Å². The molecule has 1 atom stereocenters. The van der Waals surface area contributed by atoms with Crippen molar-refractivity contribution in [3.8, 4) is 0 Å². The van der Waals surface area contributed by atoms with Gasteiger partial charge in [-0.05, 0) is 38.7 Å². The van der Waals surface area contributed by atoms with E-state index >= 15 is 0 Å². The Morgan fingerprint density at radius 3 is 3.12 bits per heavy atom. The number of hydrogen-bond acceptors (Lipinski definition) is 3. The molecule has 1 aliphatic rings. The summed E-state index contributed by atoms with van der Waals surface area (Å²) in [6, 6.07) is 2.53. The van der Waals surface area contributed by atoms with Gasteiger partial charge in [0.25, 0.3) is 0 Å². The molecule has 2 heterocycles. The molecule has 0 aliphatic carbocycles. The summed E-state index contributed by atoms with van der Waals surface area (Å²) in [7, 11) is 0. The molecule has 0 aromatic carbocycles. The minimum Gasteiger partial charge on any atom is -0.381 e. The Morgan fingerprint density at radius 2 is 2.47 bits per heavy atom. The van der Waals surface area contributed by atoms with E-state index in [0.29, 0.717) is 12.0 Å². The van der Waals surface area contributed by atoms with Crippen LogP contribution in [0.15, 0.2) is 12.3 Å². The Labute approximate surface area is 103 Å². The fourth-order valence-corrected chi connectivity index (χ4v) is 2.13. The van der Waals surface area contributed by atoms with Gasteiger partial charge in [0.2, 0.25) is 0 Å². The van der Waals surface area contributed by atoms with Gasteiger partial charge in [0.15, 0.2) is 0 Å². The summed E-state index contributed by atoms with van der Waals surface area (Å²) in [6.45, 7) is 8.03. The first-order chi connectivity index (χ1) is 8.25. The first-order valence-corrected chi connectivity index (χ1v) is 6.58. The molecule has 0 bridgehead atoms. The topological polar surface area (TPSA) is 39.1 Å². The summed E-state index contributed by atoms with van der Waals surface area (Å²) >= 11 is 0. The Kier molecular flexibility index (Phi) is 4.57. The number of nitrogens with one attached hydrogen (secondary N) is 1. The van der Waals surface area contributed by atoms with E-state index in [0.717, 1.165) is 32.0 Å². The SMILES string of the molecule is CC(C)n1ccc(CNCC2CCCOC2)n1. The lowest BCUT2D eigenvalue weighted by Gasteiger charge is -2.22. The molecule has 1 aromatic rings. The number of ether oxygens (including phenoxy) is 1. The van der Waals surface area contributed by atoms with Crippen molar-refractivity contribution in [3.63, 3.8) is 0 Å². The minimum absolute atomic E-state index is 0.440. The molecule has 0 amide bonds. The molecular weight excluding hydrogens is 214 g/mol. The molecule has 1 aliphatic heterocycles. The number of hydrogen-bond donors (Lipinski definition) is 1. The van der Waals surface area contributed by atoms with Crippen molar-refractivity contribution in [3.05, 3.63) is 18.0 Å². The van der Waals surface area contributed by atoms with Crippen LogP contribution < -0.4 is 5.32 Å². The molecule has 1 fully saturated rings. The quantitative estimate of drug-likeness (QED) is 0.851. The van der Waals surface area contributed by atoms with Gasteiger partial charge in [-0.3, -0.25) is 4.68 Å². The van der Waals surface area contributed by atoms with E-state index in [9.17, 15) is 0 Å². The molecule has 4 nitrogen and oxygen atoms in total. The van der Waals surface area contributed by atoms with Gasteiger partial charge in [0.1, 0.15) is 0 Å². The van der Waals surface area contributed by atoms with E-state index in [4.69, 9.17) is 4.74 Å². The summed E-state index contributed by atoms with van der Waals surface area (Å²) in [5.74, 6) is 0.677. The predicted molar refractivity (Wildman–Crippen MR) is 67.9 cm³/mol. The first-order valence-electron chi connectivity index (χ1n) is 6.58. The minimum atomic E-state index is 0.440. The maximum atomic E-state index is 5.46. The zero-order valence-corrected chi connectivity index (χ0v) is 10.9. The molecule has 0 spiro atoms. The predicted octanol–water partition coefficient (Wildman–Crippen LogP) is 1.98. The van der Waals surface area contributed by atoms with Gasteiger partial charge in [-0.2, -0.15) is 5.10 Å². The van der Waals surface area contributed by atoms with Crippen molar-refractivity contribution < 1.29 is 4.74 Å². The van der Waals surface area contributed by atoms with E-state index in [-0.39, 0.29) is 0 Å². The highest BCUT2D eigenvalue weighted by Crippen LogP contribution is 2.12. The first kappa shape index (κ1) is 12.6. The van der Waals surface area contributed by atoms with Crippen LogP contribution >= 0.6 is 0 Å². The Balaban J connectivity index is 1.70. The average Bonchev–Trinajstić information content (AvgIpc) is 2.79. The summed E-state index contributed by atoms with van der Waals surface area (Å²) in [4.78, 5) is 0. The molecule has 4 heteroatoms. The summed E-state index contributed by atoms with van der Waals surface area (Å²) in [5, 5.41) is 7.98. The van der Waals surface area contributed by atoms with Crippen LogP contribution in [0.2, 0.25) is 0 Å². The third-order valence-electron chi connectivity index (χ3n) is 3.19. The fourth-order valence-electron chi connectivity index (χ4n) is 2.13. The summed E-state index contributed by atoms with van der Waals surface area (Å²) < 4.78 is 7.46. The maximum Gasteiger partial charge on any atom is 0.0762 e. The zero-order chi connectivity index (χ0) is 12.1. The number of aromatic nitrogens is 2. The highest BCUT2D eigenvalue weighted by molar-refractivity contribution is 4.99. The Hall–Kier alpha value is -0.870. The van der Waals surface area contributed by atoms with E-state index in [1.165, 1.54) is 12.8 Å². The van der Waals surface area contributed by atoms with Crippen molar-refractivity contribution in [1.29, 1.82) is 0 Å². The van der Waals surface area contributed by atoms with Gasteiger partial charge in [-0.25, -0.2) is 0 Å². The average molecular weight is 237 g/mol. The third kappa shape index (κ3) is 3.82. The highest BCUT2D eigenvalue weighted by atomic mass is 16.5. The van der Waals surface area contributed by atoms with E-state index in [2.05, 4.69) is 30.3 Å². The van der Waals surface area contributed by atoms with E-state index < -0.39 is 0 Å². The normalized spacial score (nSPS) is 21.0. The van der Waals surface area contributed by atoms with Crippen LogP contribution in [0.3, 0.4) is 0 Å². The highest BCUT2D eigenvalue weighted by Gasteiger charge is 2.13. The molecule has 1 N–H and O–H groups in total. The maximum absolute atomic E-state index is 5.46. The van der Waals surface area contributed by atoms with E-state index in [1.54, 1.807) is 0 Å². The van der Waals surface area contributed by atoms with Crippen molar-refractivity contribution in [2.24, 2.45) is 5.92 Å². The molecule has 0 radical (unpaired) electrons. The second-order valence-corrected chi connectivity index (χ2v) is 5.09. The van der Waals surface area contributed by atoms with Crippen LogP contribution in [-0.2, 0) is 11.3 Å². The fraction of sp³-hybridized carbons (Fsp3) is 0.769. The standard InChI is InChI=1S/C13H23N3O/c1-11(2)16-6-5-13(15-16)9-14-8-12-4-3-7-17-10-12/h5-6,11-12,14H,3-4,7-10H2,1-2H3. The van der Waals surface area contributed by atoms with Crippen LogP contribution in [0.25, 0.3) is 0 Å². The largest absolute Gasteiger partial charge is 0.381 e. The van der Waals surface area contributed by atoms with Crippen LogP contribution in [0.1, 0.15) is 38.4 Å². The van der Waals surface area contributed by atoms with Crippen molar-refractivity contribution in [2.45, 2.75) is 39.3 Å². The molecule has 96 valence electrons. The van der Waals surface area contributed by atoms with Gasteiger partial charge in [0, 0.05) is 31.9 Å². The van der Waals surface area contributed by atoms with Gasteiger partial charge in [-0.1, -0.05) is 0 Å². The molecule has 1 unspecified atom stereocenters. The summed E-state index contributed by atoms with van der Waals surface area (Å²) in [5.41, 5.74) is 1.12. The monoisotopic (exact) mass is 237 g/mol. The zero-order valence-electron chi connectivity index (χ0n) is 10.9. The lowest BCUT2D eigenvalue weighted by Crippen LogP contribution is -2.29. The third-order valence-corrected chi connectivity index (χ3v) is 3.19. The molecule has 17 heavy (non-hydrogen) atoms. The van der Waals surface area contributed by atoms with Crippen molar-refractivity contribution in [1.82, 2.24) is 15.1 Å². The second kappa shape index (κ2) is 6.17. The van der Waals surface area contributed by atoms with E-state index in [1.807, 2.05) is 10.9 Å². The lowest BCUT2D eigenvalue weighted by molar-refractivity contribution is 0.0547. The van der Waals surface area contributed by atoms with Gasteiger partial charge < -0.3 is 10.1 Å². The molecule has 1 saturated heterocycles. The Morgan fingerprint density at radius 1 is 1.59 bits per heavy atom. The van der Waals surface area contributed by atoms with Gasteiger partial charge >= 0.3 is 0 Å². The van der Waals surface area contributed by atoms with Crippen LogP contribution in [0.5, 0.6) is 0 Å². The Bertz CT molecular complexity index is 329. The number of nitrogens with zero attached hydrogens (tertiary/aromatic N) is 2. The van der Waals surface area contributed by atoms with Crippen LogP contribution in [0.4, 0.5) is 0 Å². The lowest BCUT2D eigenvalue weighted by atomic mass is 10.0. The van der Waals surface area contributed by atoms with Crippen molar-refractivity contribution in [2.75, 3.05) is 19.8 Å². The smallest absolute Gasteiger partial charge is 0.0762 e. The number of rotatable bonds is 5. The molecule has 1 aromatic heterocycles. The van der Waals surface area contributed by atoms with Gasteiger partial charge in [-0.15, -0.1) is 0 Å². The van der Waals surface area contributed by atoms with Gasteiger partial charge in [0.05, 0.1) is 12.3 Å². The molecule has 0 saturated carbocycles. The van der Waals surface area contributed by atoms with Crippen LogP contribution in [-0.4, -0.2) is 29.5 Å². The summed E-state index contributed by atoms with van der Waals surface area (Å²) in [6.07, 6.45) is 4.53. The second-order valence-electron chi connectivity index (χ2n) is 5.09.